The second-order valence-corrected chi connectivity index (χ2v) is 3.45. The van der Waals surface area contributed by atoms with Crippen molar-refractivity contribution >= 4 is 11.9 Å². The fourth-order valence-corrected chi connectivity index (χ4v) is 1.14. The molecule has 0 aromatic rings. The van der Waals surface area contributed by atoms with Gasteiger partial charge in [0.2, 0.25) is 5.91 Å². The lowest BCUT2D eigenvalue weighted by molar-refractivity contribution is -0.128. The number of aliphatic imine (C=N–C) groups is 1. The van der Waals surface area contributed by atoms with E-state index in [4.69, 9.17) is 5.73 Å². The van der Waals surface area contributed by atoms with Crippen LogP contribution in [-0.4, -0.2) is 55.4 Å². The minimum Gasteiger partial charge on any atom is -0.370 e. The molecule has 0 bridgehead atoms. The Morgan fingerprint density at radius 2 is 1.80 bits per heavy atom. The standard InChI is InChI=1S/C10H22N4O/c1-5-14(6-2)10(11)12-8-7-9(15)13(3)4/h5-8H2,1-4H3,(H2,11,12). The lowest BCUT2D eigenvalue weighted by Crippen LogP contribution is -2.37. The van der Waals surface area contributed by atoms with E-state index in [0.717, 1.165) is 13.1 Å². The molecule has 0 aromatic carbocycles. The van der Waals surface area contributed by atoms with Crippen molar-refractivity contribution in [1.29, 1.82) is 0 Å². The lowest BCUT2D eigenvalue weighted by Gasteiger charge is -2.19. The van der Waals surface area contributed by atoms with Crippen LogP contribution in [0.4, 0.5) is 0 Å². The summed E-state index contributed by atoms with van der Waals surface area (Å²) >= 11 is 0. The van der Waals surface area contributed by atoms with Crippen molar-refractivity contribution in [1.82, 2.24) is 9.80 Å². The van der Waals surface area contributed by atoms with Crippen molar-refractivity contribution in [2.24, 2.45) is 10.7 Å². The fraction of sp³-hybridized carbons (Fsp3) is 0.800. The number of nitrogens with zero attached hydrogens (tertiary/aromatic N) is 3. The average molecular weight is 214 g/mol. The summed E-state index contributed by atoms with van der Waals surface area (Å²) in [7, 11) is 3.47. The number of amides is 1. The predicted octanol–water partition coefficient (Wildman–Crippen LogP) is 0.121. The van der Waals surface area contributed by atoms with Gasteiger partial charge in [0, 0.05) is 33.6 Å². The molecule has 0 aliphatic carbocycles. The van der Waals surface area contributed by atoms with Crippen LogP contribution in [0.3, 0.4) is 0 Å². The first-order chi connectivity index (χ1) is 7.02. The van der Waals surface area contributed by atoms with Crippen LogP contribution in [-0.2, 0) is 4.79 Å². The molecular weight excluding hydrogens is 192 g/mol. The molecule has 88 valence electrons. The van der Waals surface area contributed by atoms with Crippen molar-refractivity contribution in [3.63, 3.8) is 0 Å². The molecule has 0 heterocycles. The minimum absolute atomic E-state index is 0.0751. The molecule has 0 saturated heterocycles. The van der Waals surface area contributed by atoms with Crippen LogP contribution in [0.2, 0.25) is 0 Å². The highest BCUT2D eigenvalue weighted by Gasteiger charge is 2.04. The van der Waals surface area contributed by atoms with Crippen molar-refractivity contribution in [3.05, 3.63) is 0 Å². The van der Waals surface area contributed by atoms with Crippen molar-refractivity contribution in [3.8, 4) is 0 Å². The zero-order valence-electron chi connectivity index (χ0n) is 10.2. The van der Waals surface area contributed by atoms with Crippen LogP contribution in [0.5, 0.6) is 0 Å². The van der Waals surface area contributed by atoms with Crippen LogP contribution in [0.25, 0.3) is 0 Å². The number of hydrogen-bond donors (Lipinski definition) is 1. The van der Waals surface area contributed by atoms with Gasteiger partial charge in [0.15, 0.2) is 5.96 Å². The number of guanidine groups is 1. The van der Waals surface area contributed by atoms with E-state index in [-0.39, 0.29) is 5.91 Å². The highest BCUT2D eigenvalue weighted by Crippen LogP contribution is 1.91. The van der Waals surface area contributed by atoms with E-state index in [1.165, 1.54) is 0 Å². The first-order valence-corrected chi connectivity index (χ1v) is 5.27. The van der Waals surface area contributed by atoms with Gasteiger partial charge in [0.05, 0.1) is 6.54 Å². The predicted molar refractivity (Wildman–Crippen MR) is 62.7 cm³/mol. The smallest absolute Gasteiger partial charge is 0.223 e. The van der Waals surface area contributed by atoms with Gasteiger partial charge in [-0.1, -0.05) is 0 Å². The second-order valence-electron chi connectivity index (χ2n) is 3.45. The molecule has 5 heteroatoms. The molecule has 2 N–H and O–H groups in total. The number of nitrogens with two attached hydrogens (primary N) is 1. The molecule has 0 fully saturated rings. The normalized spacial score (nSPS) is 11.3. The van der Waals surface area contributed by atoms with Gasteiger partial charge >= 0.3 is 0 Å². The van der Waals surface area contributed by atoms with E-state index >= 15 is 0 Å². The first kappa shape index (κ1) is 13.7. The third-order valence-corrected chi connectivity index (χ3v) is 2.19. The van der Waals surface area contributed by atoms with Gasteiger partial charge < -0.3 is 15.5 Å². The summed E-state index contributed by atoms with van der Waals surface area (Å²) in [4.78, 5) is 18.9. The molecule has 0 aromatic heterocycles. The molecule has 0 rings (SSSR count). The fourth-order valence-electron chi connectivity index (χ4n) is 1.14. The van der Waals surface area contributed by atoms with Crippen LogP contribution in [0, 0.1) is 0 Å². The number of rotatable bonds is 5. The maximum Gasteiger partial charge on any atom is 0.223 e. The molecule has 0 spiro atoms. The Morgan fingerprint density at radius 1 is 1.27 bits per heavy atom. The zero-order valence-corrected chi connectivity index (χ0v) is 10.2. The third-order valence-electron chi connectivity index (χ3n) is 2.19. The Bertz CT molecular complexity index is 221. The van der Waals surface area contributed by atoms with Crippen molar-refractivity contribution < 1.29 is 4.79 Å². The summed E-state index contributed by atoms with van der Waals surface area (Å²) in [5, 5.41) is 0. The number of carbonyl (C=O) groups excluding carboxylic acids is 1. The van der Waals surface area contributed by atoms with Gasteiger partial charge in [-0.25, -0.2) is 0 Å². The topological polar surface area (TPSA) is 61.9 Å². The van der Waals surface area contributed by atoms with E-state index in [1.54, 1.807) is 19.0 Å². The minimum atomic E-state index is 0.0751. The Balaban J connectivity index is 4.00. The number of hydrogen-bond acceptors (Lipinski definition) is 2. The van der Waals surface area contributed by atoms with Gasteiger partial charge in [-0.2, -0.15) is 0 Å². The molecule has 5 nitrogen and oxygen atoms in total. The Kier molecular flexibility index (Phi) is 6.49. The lowest BCUT2D eigenvalue weighted by atomic mass is 10.4. The average Bonchev–Trinajstić information content (AvgIpc) is 2.19. The van der Waals surface area contributed by atoms with Crippen LogP contribution >= 0.6 is 0 Å². The summed E-state index contributed by atoms with van der Waals surface area (Å²) in [6.07, 6.45) is 0.412. The molecule has 0 saturated carbocycles. The van der Waals surface area contributed by atoms with Gasteiger partial charge in [-0.3, -0.25) is 9.79 Å². The molecular formula is C10H22N4O. The van der Waals surface area contributed by atoms with Gasteiger partial charge in [0.25, 0.3) is 0 Å². The molecule has 0 aliphatic rings. The summed E-state index contributed by atoms with van der Waals surface area (Å²) < 4.78 is 0. The molecule has 0 atom stereocenters. The largest absolute Gasteiger partial charge is 0.370 e. The quantitative estimate of drug-likeness (QED) is 0.522. The summed E-state index contributed by atoms with van der Waals surface area (Å²) in [6.45, 7) is 6.19. The first-order valence-electron chi connectivity index (χ1n) is 5.27. The Labute approximate surface area is 91.9 Å². The van der Waals surface area contributed by atoms with E-state index in [9.17, 15) is 4.79 Å². The Hall–Kier alpha value is -1.26. The summed E-state index contributed by atoms with van der Waals surface area (Å²) in [6, 6.07) is 0. The number of carbonyl (C=O) groups is 1. The van der Waals surface area contributed by atoms with E-state index < -0.39 is 0 Å². The highest BCUT2D eigenvalue weighted by atomic mass is 16.2. The highest BCUT2D eigenvalue weighted by molar-refractivity contribution is 5.79. The summed E-state index contributed by atoms with van der Waals surface area (Å²) in [5.41, 5.74) is 5.75. The molecule has 0 unspecified atom stereocenters. The van der Waals surface area contributed by atoms with Gasteiger partial charge in [-0.15, -0.1) is 0 Å². The molecule has 15 heavy (non-hydrogen) atoms. The molecule has 0 radical (unpaired) electrons. The van der Waals surface area contributed by atoms with Crippen LogP contribution < -0.4 is 5.73 Å². The maximum atomic E-state index is 11.2. The summed E-state index contributed by atoms with van der Waals surface area (Å²) in [5.74, 6) is 0.595. The monoisotopic (exact) mass is 214 g/mol. The van der Waals surface area contributed by atoms with Crippen LogP contribution in [0.15, 0.2) is 4.99 Å². The van der Waals surface area contributed by atoms with E-state index in [2.05, 4.69) is 4.99 Å². The molecule has 1 amide bonds. The maximum absolute atomic E-state index is 11.2. The van der Waals surface area contributed by atoms with Crippen LogP contribution in [0.1, 0.15) is 20.3 Å². The second kappa shape index (κ2) is 7.09. The van der Waals surface area contributed by atoms with E-state index in [1.807, 2.05) is 18.7 Å². The van der Waals surface area contributed by atoms with Gasteiger partial charge in [0.1, 0.15) is 0 Å². The van der Waals surface area contributed by atoms with Crippen molar-refractivity contribution in [2.75, 3.05) is 33.7 Å². The molecule has 0 aliphatic heterocycles. The SMILES string of the molecule is CCN(CC)C(N)=NCCC(=O)N(C)C. The van der Waals surface area contributed by atoms with Gasteiger partial charge in [-0.05, 0) is 13.8 Å². The third kappa shape index (κ3) is 5.24. The zero-order chi connectivity index (χ0) is 11.8. The van der Waals surface area contributed by atoms with E-state index in [0.29, 0.717) is 18.9 Å². The Morgan fingerprint density at radius 3 is 2.20 bits per heavy atom. The van der Waals surface area contributed by atoms with Crippen molar-refractivity contribution in [2.45, 2.75) is 20.3 Å².